The van der Waals surface area contributed by atoms with Crippen LogP contribution in [0.3, 0.4) is 0 Å². The van der Waals surface area contributed by atoms with Crippen molar-refractivity contribution in [3.05, 3.63) is 36.9 Å². The topological polar surface area (TPSA) is 72.7 Å². The second-order valence-electron chi connectivity index (χ2n) is 5.62. The van der Waals surface area contributed by atoms with Crippen molar-refractivity contribution in [2.45, 2.75) is 12.8 Å². The number of carbonyl (C=O) groups is 1. The molecule has 6 heteroatoms. The summed E-state index contributed by atoms with van der Waals surface area (Å²) < 4.78 is 1.75. The molecule has 0 atom stereocenters. The number of aromatic nitrogens is 4. The van der Waals surface area contributed by atoms with Gasteiger partial charge in [0.05, 0.1) is 11.7 Å². The summed E-state index contributed by atoms with van der Waals surface area (Å²) in [6, 6.07) is 3.84. The van der Waals surface area contributed by atoms with Gasteiger partial charge in [-0.05, 0) is 25.0 Å². The predicted molar refractivity (Wildman–Crippen MR) is 83.1 cm³/mol. The molecule has 4 rings (SSSR count). The standard InChI is InChI=1S/C16H15N5O/c1-21-9-12(8-19-21)11-6-13-14(18-7-11)4-5-17-15(13)20-16(22)10-2-3-10/h4-10H,2-3H2,1H3,(H,17,20,22). The summed E-state index contributed by atoms with van der Waals surface area (Å²) >= 11 is 0. The van der Waals surface area contributed by atoms with Gasteiger partial charge in [-0.2, -0.15) is 5.10 Å². The lowest BCUT2D eigenvalue weighted by Crippen LogP contribution is -2.14. The molecule has 0 aromatic carbocycles. The van der Waals surface area contributed by atoms with Crippen LogP contribution in [0.4, 0.5) is 5.82 Å². The van der Waals surface area contributed by atoms with Crippen LogP contribution in [-0.4, -0.2) is 25.7 Å². The van der Waals surface area contributed by atoms with Gasteiger partial charge in [0.15, 0.2) is 0 Å². The van der Waals surface area contributed by atoms with E-state index in [0.29, 0.717) is 5.82 Å². The van der Waals surface area contributed by atoms with Crippen LogP contribution in [0.25, 0.3) is 22.0 Å². The summed E-state index contributed by atoms with van der Waals surface area (Å²) in [5, 5.41) is 7.94. The zero-order chi connectivity index (χ0) is 15.1. The highest BCUT2D eigenvalue weighted by molar-refractivity contribution is 6.01. The molecule has 0 radical (unpaired) electrons. The molecule has 1 N–H and O–H groups in total. The Hall–Kier alpha value is -2.76. The van der Waals surface area contributed by atoms with Gasteiger partial charge < -0.3 is 5.32 Å². The van der Waals surface area contributed by atoms with Gasteiger partial charge in [0.1, 0.15) is 5.82 Å². The quantitative estimate of drug-likeness (QED) is 0.804. The third-order valence-electron chi connectivity index (χ3n) is 3.84. The van der Waals surface area contributed by atoms with E-state index in [-0.39, 0.29) is 11.8 Å². The van der Waals surface area contributed by atoms with Gasteiger partial charge in [-0.25, -0.2) is 4.98 Å². The monoisotopic (exact) mass is 293 g/mol. The molecule has 3 aromatic heterocycles. The molecule has 1 saturated carbocycles. The summed E-state index contributed by atoms with van der Waals surface area (Å²) in [6.07, 6.45) is 9.14. The molecule has 1 fully saturated rings. The molecule has 3 aromatic rings. The van der Waals surface area contributed by atoms with E-state index in [1.165, 1.54) is 0 Å². The maximum atomic E-state index is 12.0. The first kappa shape index (κ1) is 12.9. The zero-order valence-corrected chi connectivity index (χ0v) is 12.2. The molecule has 0 spiro atoms. The third kappa shape index (κ3) is 2.32. The molecule has 0 saturated heterocycles. The fourth-order valence-electron chi connectivity index (χ4n) is 2.44. The molecular formula is C16H15N5O. The number of fused-ring (bicyclic) bond motifs is 1. The maximum absolute atomic E-state index is 12.0. The highest BCUT2D eigenvalue weighted by Gasteiger charge is 2.30. The Morgan fingerprint density at radius 2 is 2.14 bits per heavy atom. The Labute approximate surface area is 127 Å². The smallest absolute Gasteiger partial charge is 0.228 e. The van der Waals surface area contributed by atoms with E-state index < -0.39 is 0 Å². The van der Waals surface area contributed by atoms with E-state index in [4.69, 9.17) is 0 Å². The molecule has 1 amide bonds. The SMILES string of the molecule is Cn1cc(-c2cnc3ccnc(NC(=O)C4CC4)c3c2)cn1. The lowest BCUT2D eigenvalue weighted by molar-refractivity contribution is -0.117. The highest BCUT2D eigenvalue weighted by Crippen LogP contribution is 2.31. The summed E-state index contributed by atoms with van der Waals surface area (Å²) in [7, 11) is 1.88. The fourth-order valence-corrected chi connectivity index (χ4v) is 2.44. The number of aryl methyl sites for hydroxylation is 1. The van der Waals surface area contributed by atoms with Crippen LogP contribution < -0.4 is 5.32 Å². The van der Waals surface area contributed by atoms with Gasteiger partial charge in [-0.15, -0.1) is 0 Å². The lowest BCUT2D eigenvalue weighted by Gasteiger charge is -2.08. The molecular weight excluding hydrogens is 278 g/mol. The molecule has 6 nitrogen and oxygen atoms in total. The summed E-state index contributed by atoms with van der Waals surface area (Å²) in [5.74, 6) is 0.769. The van der Waals surface area contributed by atoms with Crippen LogP contribution in [0.15, 0.2) is 36.9 Å². The van der Waals surface area contributed by atoms with Crippen LogP contribution in [0.1, 0.15) is 12.8 Å². The Morgan fingerprint density at radius 3 is 2.86 bits per heavy atom. The minimum Gasteiger partial charge on any atom is -0.310 e. The first-order valence-electron chi connectivity index (χ1n) is 7.25. The number of hydrogen-bond acceptors (Lipinski definition) is 4. The van der Waals surface area contributed by atoms with Crippen molar-refractivity contribution in [3.63, 3.8) is 0 Å². The number of carbonyl (C=O) groups excluding carboxylic acids is 1. The average molecular weight is 293 g/mol. The molecule has 1 aliphatic carbocycles. The molecule has 0 bridgehead atoms. The van der Waals surface area contributed by atoms with Crippen molar-refractivity contribution in [1.29, 1.82) is 0 Å². The second-order valence-corrected chi connectivity index (χ2v) is 5.62. The second kappa shape index (κ2) is 4.91. The first-order valence-corrected chi connectivity index (χ1v) is 7.25. The van der Waals surface area contributed by atoms with Crippen LogP contribution in [0.5, 0.6) is 0 Å². The van der Waals surface area contributed by atoms with Gasteiger partial charge in [0, 0.05) is 48.1 Å². The minimum atomic E-state index is 0.0479. The Morgan fingerprint density at radius 1 is 1.27 bits per heavy atom. The third-order valence-corrected chi connectivity index (χ3v) is 3.84. The zero-order valence-electron chi connectivity index (χ0n) is 12.2. The number of rotatable bonds is 3. The van der Waals surface area contributed by atoms with Crippen LogP contribution >= 0.6 is 0 Å². The first-order chi connectivity index (χ1) is 10.7. The van der Waals surface area contributed by atoms with Gasteiger partial charge in [0.2, 0.25) is 5.91 Å². The van der Waals surface area contributed by atoms with Crippen molar-refractivity contribution < 1.29 is 4.79 Å². The molecule has 3 heterocycles. The van der Waals surface area contributed by atoms with Gasteiger partial charge in [0.25, 0.3) is 0 Å². The lowest BCUT2D eigenvalue weighted by atomic mass is 10.1. The van der Waals surface area contributed by atoms with Crippen LogP contribution in [0.2, 0.25) is 0 Å². The van der Waals surface area contributed by atoms with E-state index >= 15 is 0 Å². The molecule has 22 heavy (non-hydrogen) atoms. The minimum absolute atomic E-state index is 0.0479. The fraction of sp³-hybridized carbons (Fsp3) is 0.250. The number of anilines is 1. The molecule has 110 valence electrons. The van der Waals surface area contributed by atoms with E-state index in [1.807, 2.05) is 31.6 Å². The molecule has 0 aliphatic heterocycles. The normalized spacial score (nSPS) is 14.2. The Bertz CT molecular complexity index is 866. The van der Waals surface area contributed by atoms with Crippen molar-refractivity contribution >= 4 is 22.6 Å². The highest BCUT2D eigenvalue weighted by atomic mass is 16.2. The summed E-state index contributed by atoms with van der Waals surface area (Å²) in [4.78, 5) is 20.8. The van der Waals surface area contributed by atoms with E-state index in [1.54, 1.807) is 17.1 Å². The number of nitrogens with zero attached hydrogens (tertiary/aromatic N) is 4. The van der Waals surface area contributed by atoms with E-state index in [2.05, 4.69) is 20.4 Å². The van der Waals surface area contributed by atoms with E-state index in [0.717, 1.165) is 34.9 Å². The Kier molecular flexibility index (Phi) is 2.89. The largest absolute Gasteiger partial charge is 0.310 e. The summed E-state index contributed by atoms with van der Waals surface area (Å²) in [6.45, 7) is 0. The number of amides is 1. The average Bonchev–Trinajstić information content (AvgIpc) is 3.29. The van der Waals surface area contributed by atoms with Gasteiger partial charge >= 0.3 is 0 Å². The molecule has 0 unspecified atom stereocenters. The maximum Gasteiger partial charge on any atom is 0.228 e. The van der Waals surface area contributed by atoms with Crippen molar-refractivity contribution in [1.82, 2.24) is 19.7 Å². The predicted octanol–water partition coefficient (Wildman–Crippen LogP) is 2.38. The van der Waals surface area contributed by atoms with E-state index in [9.17, 15) is 4.79 Å². The molecule has 1 aliphatic rings. The van der Waals surface area contributed by atoms with Crippen molar-refractivity contribution in [3.8, 4) is 11.1 Å². The van der Waals surface area contributed by atoms with Crippen LogP contribution in [-0.2, 0) is 11.8 Å². The number of hydrogen-bond donors (Lipinski definition) is 1. The van der Waals surface area contributed by atoms with Crippen LogP contribution in [0, 0.1) is 5.92 Å². The van der Waals surface area contributed by atoms with Crippen molar-refractivity contribution in [2.75, 3.05) is 5.32 Å². The van der Waals surface area contributed by atoms with Gasteiger partial charge in [-0.1, -0.05) is 0 Å². The Balaban J connectivity index is 1.77. The summed E-state index contributed by atoms with van der Waals surface area (Å²) in [5.41, 5.74) is 2.75. The number of pyridine rings is 2. The van der Waals surface area contributed by atoms with Crippen molar-refractivity contribution in [2.24, 2.45) is 13.0 Å². The van der Waals surface area contributed by atoms with Gasteiger partial charge in [-0.3, -0.25) is 14.5 Å². The number of nitrogens with one attached hydrogen (secondary N) is 1.